The zero-order valence-corrected chi connectivity index (χ0v) is 26.9. The molecule has 1 fully saturated rings. The number of ether oxygens (including phenoxy) is 2. The second kappa shape index (κ2) is 15.0. The van der Waals surface area contributed by atoms with Gasteiger partial charge < -0.3 is 19.7 Å². The Morgan fingerprint density at radius 1 is 0.804 bits per heavy atom. The fraction of sp³-hybridized carbons (Fsp3) is 0.278. The third-order valence-corrected chi connectivity index (χ3v) is 9.88. The molecule has 46 heavy (non-hydrogen) atoms. The Bertz CT molecular complexity index is 1690. The van der Waals surface area contributed by atoms with Crippen molar-refractivity contribution in [1.82, 2.24) is 10.2 Å². The Morgan fingerprint density at radius 3 is 1.98 bits per heavy atom. The number of anilines is 1. The lowest BCUT2D eigenvalue weighted by Crippen LogP contribution is -2.52. The summed E-state index contributed by atoms with van der Waals surface area (Å²) in [5.41, 5.74) is 1.06. The molecule has 1 saturated carbocycles. The molecule has 0 saturated heterocycles. The summed E-state index contributed by atoms with van der Waals surface area (Å²) in [5.74, 6) is 1.02. The lowest BCUT2D eigenvalue weighted by molar-refractivity contribution is -0.139. The standard InChI is InChI=1S/C36H39N3O6S/c1-27(36(41)37-29-11-9-10-12-29)38(25-28-17-21-31(44-2)22-18-28)35(40)26-39(46(42,43)34-15-7-4-8-16-34)30-19-23-33(24-20-30)45-32-13-5-3-6-14-32/h3-8,13-24,27,29H,9-12,25-26H2,1-2H3,(H,37,41)/t27-/m0/s1. The Labute approximate surface area is 270 Å². The SMILES string of the molecule is COc1ccc(CN(C(=O)CN(c2ccc(Oc3ccccc3)cc2)S(=O)(=O)c2ccccc2)[C@@H](C)C(=O)NC2CCCC2)cc1. The molecular formula is C36H39N3O6S. The quantitative estimate of drug-likeness (QED) is 0.188. The number of carbonyl (C=O) groups excluding carboxylic acids is 2. The van der Waals surface area contributed by atoms with Crippen LogP contribution in [0, 0.1) is 0 Å². The van der Waals surface area contributed by atoms with Crippen LogP contribution < -0.4 is 19.1 Å². The lowest BCUT2D eigenvalue weighted by Gasteiger charge is -2.32. The predicted molar refractivity (Wildman–Crippen MR) is 177 cm³/mol. The van der Waals surface area contributed by atoms with Crippen LogP contribution in [-0.4, -0.2) is 50.9 Å². The number of amides is 2. The van der Waals surface area contributed by atoms with Gasteiger partial charge in [0.25, 0.3) is 10.0 Å². The first kappa shape index (κ1) is 32.6. The maximum atomic E-state index is 14.2. The Balaban J connectivity index is 1.45. The summed E-state index contributed by atoms with van der Waals surface area (Å²) in [4.78, 5) is 29.1. The van der Waals surface area contributed by atoms with Crippen LogP contribution in [0.4, 0.5) is 5.69 Å². The molecule has 10 heteroatoms. The van der Waals surface area contributed by atoms with Gasteiger partial charge in [-0.3, -0.25) is 13.9 Å². The highest BCUT2D eigenvalue weighted by molar-refractivity contribution is 7.92. The molecule has 0 spiro atoms. The molecule has 0 heterocycles. The first-order valence-corrected chi connectivity index (χ1v) is 16.8. The summed E-state index contributed by atoms with van der Waals surface area (Å²) >= 11 is 0. The van der Waals surface area contributed by atoms with Crippen LogP contribution in [0.2, 0.25) is 0 Å². The number of sulfonamides is 1. The van der Waals surface area contributed by atoms with Gasteiger partial charge in [0, 0.05) is 12.6 Å². The molecule has 1 aliphatic rings. The number of methoxy groups -OCH3 is 1. The van der Waals surface area contributed by atoms with Gasteiger partial charge in [-0.25, -0.2) is 8.42 Å². The van der Waals surface area contributed by atoms with Gasteiger partial charge in [0.05, 0.1) is 17.7 Å². The van der Waals surface area contributed by atoms with E-state index in [0.29, 0.717) is 17.2 Å². The van der Waals surface area contributed by atoms with Gasteiger partial charge >= 0.3 is 0 Å². The summed E-state index contributed by atoms with van der Waals surface area (Å²) in [6, 6.07) is 30.2. The lowest BCUT2D eigenvalue weighted by atomic mass is 10.1. The van der Waals surface area contributed by atoms with Crippen LogP contribution in [0.3, 0.4) is 0 Å². The second-order valence-electron chi connectivity index (χ2n) is 11.3. The van der Waals surface area contributed by atoms with Crippen molar-refractivity contribution in [3.63, 3.8) is 0 Å². The van der Waals surface area contributed by atoms with Crippen LogP contribution in [-0.2, 0) is 26.2 Å². The molecule has 5 rings (SSSR count). The maximum absolute atomic E-state index is 14.2. The molecule has 2 amide bonds. The van der Waals surface area contributed by atoms with Gasteiger partial charge in [-0.1, -0.05) is 61.4 Å². The van der Waals surface area contributed by atoms with E-state index in [9.17, 15) is 18.0 Å². The van der Waals surface area contributed by atoms with E-state index in [1.807, 2.05) is 42.5 Å². The van der Waals surface area contributed by atoms with Crippen LogP contribution in [0.5, 0.6) is 17.2 Å². The van der Waals surface area contributed by atoms with E-state index in [0.717, 1.165) is 35.6 Å². The van der Waals surface area contributed by atoms with E-state index in [4.69, 9.17) is 9.47 Å². The number of hydrogen-bond donors (Lipinski definition) is 1. The predicted octanol–water partition coefficient (Wildman–Crippen LogP) is 6.16. The smallest absolute Gasteiger partial charge is 0.264 e. The summed E-state index contributed by atoms with van der Waals surface area (Å²) in [5, 5.41) is 3.09. The van der Waals surface area contributed by atoms with Crippen molar-refractivity contribution in [2.45, 2.75) is 56.1 Å². The highest BCUT2D eigenvalue weighted by Crippen LogP contribution is 2.29. The second-order valence-corrected chi connectivity index (χ2v) is 13.1. The average molecular weight is 642 g/mol. The largest absolute Gasteiger partial charge is 0.497 e. The molecule has 0 radical (unpaired) electrons. The van der Waals surface area contributed by atoms with Crippen molar-refractivity contribution in [3.05, 3.63) is 115 Å². The van der Waals surface area contributed by atoms with Crippen molar-refractivity contribution in [3.8, 4) is 17.2 Å². The monoisotopic (exact) mass is 641 g/mol. The minimum atomic E-state index is -4.17. The number of carbonyl (C=O) groups is 2. The molecule has 9 nitrogen and oxygen atoms in total. The van der Waals surface area contributed by atoms with E-state index >= 15 is 0 Å². The van der Waals surface area contributed by atoms with Crippen LogP contribution >= 0.6 is 0 Å². The van der Waals surface area contributed by atoms with Gasteiger partial charge in [-0.05, 0) is 86.0 Å². The molecule has 1 aliphatic carbocycles. The minimum absolute atomic E-state index is 0.0427. The van der Waals surface area contributed by atoms with E-state index in [-0.39, 0.29) is 29.1 Å². The molecular weight excluding hydrogens is 602 g/mol. The highest BCUT2D eigenvalue weighted by Gasteiger charge is 2.33. The molecule has 0 unspecified atom stereocenters. The molecule has 0 bridgehead atoms. The molecule has 1 atom stereocenters. The number of para-hydroxylation sites is 1. The minimum Gasteiger partial charge on any atom is -0.497 e. The topological polar surface area (TPSA) is 105 Å². The van der Waals surface area contributed by atoms with Gasteiger partial charge in [0.15, 0.2) is 0 Å². The fourth-order valence-electron chi connectivity index (χ4n) is 5.46. The van der Waals surface area contributed by atoms with Crippen molar-refractivity contribution < 1.29 is 27.5 Å². The molecule has 240 valence electrons. The van der Waals surface area contributed by atoms with E-state index in [2.05, 4.69) is 5.32 Å². The van der Waals surface area contributed by atoms with Gasteiger partial charge in [0.2, 0.25) is 11.8 Å². The van der Waals surface area contributed by atoms with Crippen LogP contribution in [0.15, 0.2) is 114 Å². The van der Waals surface area contributed by atoms with Crippen LogP contribution in [0.1, 0.15) is 38.2 Å². The molecule has 1 N–H and O–H groups in total. The Kier molecular flexibility index (Phi) is 10.6. The van der Waals surface area contributed by atoms with Gasteiger partial charge in [0.1, 0.15) is 29.8 Å². The van der Waals surface area contributed by atoms with E-state index in [1.165, 1.54) is 17.0 Å². The molecule has 4 aromatic carbocycles. The number of hydrogen-bond acceptors (Lipinski definition) is 6. The Morgan fingerprint density at radius 2 is 1.37 bits per heavy atom. The van der Waals surface area contributed by atoms with Crippen LogP contribution in [0.25, 0.3) is 0 Å². The van der Waals surface area contributed by atoms with Crippen molar-refractivity contribution in [2.75, 3.05) is 18.0 Å². The number of benzene rings is 4. The maximum Gasteiger partial charge on any atom is 0.264 e. The van der Waals surface area contributed by atoms with E-state index < -0.39 is 28.5 Å². The summed E-state index contributed by atoms with van der Waals surface area (Å²) in [7, 11) is -2.60. The summed E-state index contributed by atoms with van der Waals surface area (Å²) in [6.07, 6.45) is 3.90. The normalized spacial score (nSPS) is 13.9. The summed E-state index contributed by atoms with van der Waals surface area (Å²) in [6.45, 7) is 1.26. The number of nitrogens with one attached hydrogen (secondary N) is 1. The zero-order chi connectivity index (χ0) is 32.5. The highest BCUT2D eigenvalue weighted by atomic mass is 32.2. The van der Waals surface area contributed by atoms with Crippen molar-refractivity contribution >= 4 is 27.5 Å². The number of nitrogens with zero attached hydrogens (tertiary/aromatic N) is 2. The third-order valence-electron chi connectivity index (χ3n) is 8.09. The van der Waals surface area contributed by atoms with Gasteiger partial charge in [-0.2, -0.15) is 0 Å². The average Bonchev–Trinajstić information content (AvgIpc) is 3.60. The molecule has 4 aromatic rings. The molecule has 0 aromatic heterocycles. The van der Waals surface area contributed by atoms with E-state index in [1.54, 1.807) is 68.6 Å². The Hall–Kier alpha value is -4.83. The van der Waals surface area contributed by atoms with Crippen molar-refractivity contribution in [2.24, 2.45) is 0 Å². The molecule has 0 aliphatic heterocycles. The van der Waals surface area contributed by atoms with Gasteiger partial charge in [-0.15, -0.1) is 0 Å². The summed E-state index contributed by atoms with van der Waals surface area (Å²) < 4.78 is 40.4. The zero-order valence-electron chi connectivity index (χ0n) is 26.0. The van der Waals surface area contributed by atoms with Crippen molar-refractivity contribution in [1.29, 1.82) is 0 Å². The first-order valence-electron chi connectivity index (χ1n) is 15.4. The third kappa shape index (κ3) is 8.06. The fourth-order valence-corrected chi connectivity index (χ4v) is 6.89. The first-order chi connectivity index (χ1) is 22.2. The number of rotatable bonds is 13.